The van der Waals surface area contributed by atoms with Crippen LogP contribution in [-0.2, 0) is 4.79 Å². The third kappa shape index (κ3) is 4.49. The average molecular weight is 715 g/mol. The number of carbonyl (C=O) groups is 1. The standard InChI is InChI=1S/C14HF27O2/c15-2(16,1(42)43)3(17,18)4(19,20)5(21,22)6(23,24)7(25,26)8(27,28)9(29,30)10(31,32)11(33,34)12(35,36)13(37,38)14(39,40)41/h(H,42,43)/i/hD. The Balaban J connectivity index is 7.49. The Hall–Kier alpha value is -2.42. The summed E-state index contributed by atoms with van der Waals surface area (Å²) in [6.45, 7) is 0. The molecule has 0 rings (SSSR count). The predicted octanol–water partition coefficient (Wildman–Crippen LogP) is 8.26. The van der Waals surface area contributed by atoms with Gasteiger partial charge in [-0.3, -0.25) is 0 Å². The first-order valence-corrected chi connectivity index (χ1v) is 8.76. The van der Waals surface area contributed by atoms with Gasteiger partial charge in [0.2, 0.25) is 0 Å². The van der Waals surface area contributed by atoms with Crippen molar-refractivity contribution in [2.45, 2.75) is 77.2 Å². The summed E-state index contributed by atoms with van der Waals surface area (Å²) in [6.07, 6.45) is -8.27. The van der Waals surface area contributed by atoms with Gasteiger partial charge in [-0.15, -0.1) is 0 Å². The summed E-state index contributed by atoms with van der Waals surface area (Å²) in [5.74, 6) is -116. The Labute approximate surface area is 214 Å². The summed E-state index contributed by atoms with van der Waals surface area (Å²) in [7, 11) is 0. The number of hydrogen-bond donors (Lipinski definition) is 1. The van der Waals surface area contributed by atoms with Crippen molar-refractivity contribution in [3.63, 3.8) is 0 Å². The fourth-order valence-electron chi connectivity index (χ4n) is 2.28. The molecule has 0 aliphatic rings. The zero-order valence-electron chi connectivity index (χ0n) is 19.0. The molecular formula is C14HF27O2. The number of carboxylic acid groups (broad SMARTS) is 1. The van der Waals surface area contributed by atoms with Crippen molar-refractivity contribution in [2.75, 3.05) is 0 Å². The molecule has 0 aliphatic heterocycles. The molecule has 0 heterocycles. The molecular weight excluding hydrogens is 713 g/mol. The zero-order chi connectivity index (χ0) is 36.8. The second-order valence-electron chi connectivity index (χ2n) is 7.68. The van der Waals surface area contributed by atoms with Crippen molar-refractivity contribution in [1.29, 1.82) is 1.43 Å². The van der Waals surface area contributed by atoms with Crippen LogP contribution in [0.5, 0.6) is 0 Å². The lowest BCUT2D eigenvalue weighted by Gasteiger charge is -2.45. The number of alkyl halides is 27. The topological polar surface area (TPSA) is 37.3 Å². The lowest BCUT2D eigenvalue weighted by molar-refractivity contribution is -0.484. The molecule has 29 heteroatoms. The van der Waals surface area contributed by atoms with Crippen molar-refractivity contribution in [1.82, 2.24) is 0 Å². The molecule has 2 nitrogen and oxygen atoms in total. The maximum atomic E-state index is 13.6. The third-order valence-corrected chi connectivity index (χ3v) is 4.95. The molecule has 0 amide bonds. The van der Waals surface area contributed by atoms with E-state index >= 15 is 0 Å². The first-order chi connectivity index (χ1) is 18.5. The van der Waals surface area contributed by atoms with Gasteiger partial charge in [-0.25, -0.2) is 4.79 Å². The fourth-order valence-corrected chi connectivity index (χ4v) is 2.28. The molecule has 0 aromatic rings. The molecule has 258 valence electrons. The van der Waals surface area contributed by atoms with Crippen LogP contribution >= 0.6 is 0 Å². The molecule has 0 aromatic heterocycles. The minimum atomic E-state index is -9.86. The van der Waals surface area contributed by atoms with Crippen molar-refractivity contribution in [2.24, 2.45) is 0 Å². The minimum Gasteiger partial charge on any atom is -0.477 e. The molecule has 0 aliphatic carbocycles. The second kappa shape index (κ2) is 9.54. The average Bonchev–Trinajstić information content (AvgIpc) is 2.80. The molecule has 43 heavy (non-hydrogen) atoms. The molecule has 0 fully saturated rings. The Bertz CT molecular complexity index is 1080. The van der Waals surface area contributed by atoms with Crippen molar-refractivity contribution in [3.8, 4) is 0 Å². The monoisotopic (exact) mass is 715 g/mol. The molecule has 0 atom stereocenters. The van der Waals surface area contributed by atoms with Crippen LogP contribution in [0.15, 0.2) is 0 Å². The van der Waals surface area contributed by atoms with E-state index < -0.39 is 83.2 Å². The minimum absolute atomic E-state index is 1.91. The van der Waals surface area contributed by atoms with Gasteiger partial charge in [-0.2, -0.15) is 119 Å². The maximum absolute atomic E-state index is 13.6. The number of halogens is 27. The lowest BCUT2D eigenvalue weighted by atomic mass is 9.84. The van der Waals surface area contributed by atoms with Gasteiger partial charge in [-0.1, -0.05) is 0 Å². The van der Waals surface area contributed by atoms with E-state index in [1.54, 1.807) is 0 Å². The largest absolute Gasteiger partial charge is 0.477 e. The predicted molar refractivity (Wildman–Crippen MR) is 73.1 cm³/mol. The molecule has 0 bridgehead atoms. The maximum Gasteiger partial charge on any atom is 0.460 e. The smallest absolute Gasteiger partial charge is 0.460 e. The number of rotatable bonds is 12. The third-order valence-electron chi connectivity index (χ3n) is 4.95. The van der Waals surface area contributed by atoms with Gasteiger partial charge < -0.3 is 5.11 Å². The van der Waals surface area contributed by atoms with E-state index in [4.69, 9.17) is 1.43 Å². The van der Waals surface area contributed by atoms with E-state index in [0.717, 1.165) is 0 Å². The van der Waals surface area contributed by atoms with Gasteiger partial charge in [0.05, 0.1) is 0 Å². The normalized spacial score (nSPS) is 17.1. The van der Waals surface area contributed by atoms with Crippen LogP contribution in [0.2, 0.25) is 0 Å². The number of aliphatic carboxylic acids is 1. The van der Waals surface area contributed by atoms with Gasteiger partial charge in [0.15, 0.2) is 0 Å². The van der Waals surface area contributed by atoms with Crippen LogP contribution in [-0.4, -0.2) is 88.3 Å². The lowest BCUT2D eigenvalue weighted by Crippen LogP contribution is -2.79. The second-order valence-corrected chi connectivity index (χ2v) is 7.68. The molecule has 1 N–H and O–H groups in total. The van der Waals surface area contributed by atoms with E-state index in [1.807, 2.05) is 5.11 Å². The summed E-state index contributed by atoms with van der Waals surface area (Å²) >= 11 is 0. The zero-order valence-corrected chi connectivity index (χ0v) is 18.0. The molecule has 0 radical (unpaired) electrons. The molecule has 0 aromatic carbocycles. The highest BCUT2D eigenvalue weighted by Crippen LogP contribution is 2.68. The number of hydrogen-bond acceptors (Lipinski definition) is 2. The SMILES string of the molecule is [2H]OC(=O)C(F)(F)C(F)(F)C(F)(F)C(F)(F)C(F)(F)C(F)(F)C(F)(F)C(F)(F)C(F)(F)C(F)(F)C(F)(F)C(F)(F)C(F)(F)F. The summed E-state index contributed by atoms with van der Waals surface area (Å²) in [5, 5.41) is 1.91. The van der Waals surface area contributed by atoms with Crippen LogP contribution in [0.4, 0.5) is 119 Å². The van der Waals surface area contributed by atoms with Crippen LogP contribution in [0.1, 0.15) is 0 Å². The Morgan fingerprint density at radius 3 is 0.651 bits per heavy atom. The molecule has 0 saturated carbocycles. The Kier molecular flexibility index (Phi) is 8.57. The summed E-state index contributed by atoms with van der Waals surface area (Å²) < 4.78 is 362. The highest BCUT2D eigenvalue weighted by molar-refractivity contribution is 5.77. The van der Waals surface area contributed by atoms with Gasteiger partial charge in [-0.05, 0) is 0 Å². The van der Waals surface area contributed by atoms with E-state index in [9.17, 15) is 123 Å². The van der Waals surface area contributed by atoms with E-state index in [-0.39, 0.29) is 0 Å². The van der Waals surface area contributed by atoms with Gasteiger partial charge in [0.1, 0.15) is 0 Å². The van der Waals surface area contributed by atoms with Gasteiger partial charge in [0, 0.05) is 0 Å². The highest BCUT2D eigenvalue weighted by atomic mass is 19.4. The van der Waals surface area contributed by atoms with Gasteiger partial charge >= 0.3 is 83.2 Å². The highest BCUT2D eigenvalue weighted by Gasteiger charge is 3.00. The van der Waals surface area contributed by atoms with Crippen LogP contribution in [0.25, 0.3) is 1.43 Å². The van der Waals surface area contributed by atoms with Crippen molar-refractivity contribution < 1.29 is 128 Å². The van der Waals surface area contributed by atoms with Crippen LogP contribution < -0.4 is 0 Å². The molecule has 0 saturated heterocycles. The molecule has 0 unspecified atom stereocenters. The van der Waals surface area contributed by atoms with E-state index in [2.05, 4.69) is 0 Å². The summed E-state index contributed by atoms with van der Waals surface area (Å²) in [6, 6.07) is 0. The van der Waals surface area contributed by atoms with Crippen molar-refractivity contribution in [3.05, 3.63) is 0 Å². The first-order valence-electron chi connectivity index (χ1n) is 9.17. The van der Waals surface area contributed by atoms with E-state index in [1.165, 1.54) is 0 Å². The van der Waals surface area contributed by atoms with Gasteiger partial charge in [0.25, 0.3) is 1.43 Å². The van der Waals surface area contributed by atoms with Crippen molar-refractivity contribution >= 4 is 5.97 Å². The Morgan fingerprint density at radius 1 is 0.326 bits per heavy atom. The van der Waals surface area contributed by atoms with Crippen LogP contribution in [0, 0.1) is 0 Å². The number of carboxylic acids is 1. The molecule has 0 spiro atoms. The first kappa shape index (κ1) is 38.6. The van der Waals surface area contributed by atoms with Crippen LogP contribution in [0.3, 0.4) is 0 Å². The summed E-state index contributed by atoms with van der Waals surface area (Å²) in [4.78, 5) is 10.3. The summed E-state index contributed by atoms with van der Waals surface area (Å²) in [5.41, 5.74) is 0. The quantitative estimate of drug-likeness (QED) is 0.207. The van der Waals surface area contributed by atoms with E-state index in [0.29, 0.717) is 0 Å². The fraction of sp³-hybridized carbons (Fsp3) is 0.929. The Morgan fingerprint density at radius 2 is 0.488 bits per heavy atom.